The normalized spacial score (nSPS) is 11.5. The highest BCUT2D eigenvalue weighted by Gasteiger charge is 2.18. The second-order valence-electron chi connectivity index (χ2n) is 5.74. The number of guanidine groups is 1. The topological polar surface area (TPSA) is 79.8 Å². The lowest BCUT2D eigenvalue weighted by Crippen LogP contribution is -2.40. The molecule has 0 heterocycles. The average molecular weight is 521 g/mol. The van der Waals surface area contributed by atoms with E-state index in [9.17, 15) is 12.8 Å². The Bertz CT molecular complexity index is 891. The molecule has 0 atom stereocenters. The predicted octanol–water partition coefficient (Wildman–Crippen LogP) is 2.63. The summed E-state index contributed by atoms with van der Waals surface area (Å²) in [6.07, 6.45) is 0.720. The van der Waals surface area contributed by atoms with Crippen molar-refractivity contribution in [3.05, 3.63) is 59.9 Å². The minimum atomic E-state index is -3.70. The van der Waals surface area contributed by atoms with Gasteiger partial charge < -0.3 is 15.4 Å². The number of aliphatic imine (C=N–C) groups is 1. The van der Waals surface area contributed by atoms with Crippen LogP contribution in [0, 0.1) is 5.82 Å². The Labute approximate surface area is 182 Å². The van der Waals surface area contributed by atoms with Crippen LogP contribution < -0.4 is 15.4 Å². The van der Waals surface area contributed by atoms with Crippen molar-refractivity contribution >= 4 is 39.8 Å². The van der Waals surface area contributed by atoms with Crippen LogP contribution in [0.2, 0.25) is 0 Å². The molecule has 2 aromatic carbocycles. The predicted molar refractivity (Wildman–Crippen MR) is 120 cm³/mol. The van der Waals surface area contributed by atoms with Crippen molar-refractivity contribution in [1.29, 1.82) is 0 Å². The molecule has 2 N–H and O–H groups in total. The van der Waals surface area contributed by atoms with E-state index in [0.29, 0.717) is 12.5 Å². The summed E-state index contributed by atoms with van der Waals surface area (Å²) < 4.78 is 43.5. The zero-order valence-corrected chi connectivity index (χ0v) is 19.0. The zero-order chi connectivity index (χ0) is 19.7. The van der Waals surface area contributed by atoms with Crippen LogP contribution in [0.4, 0.5) is 4.39 Å². The van der Waals surface area contributed by atoms with Crippen LogP contribution in [-0.2, 0) is 16.3 Å². The maximum Gasteiger partial charge on any atom is 0.191 e. The maximum atomic E-state index is 13.7. The summed E-state index contributed by atoms with van der Waals surface area (Å²) in [5.74, 6) is 0.324. The van der Waals surface area contributed by atoms with E-state index in [-0.39, 0.29) is 41.2 Å². The SMILES string of the molecule is CN=C(NCCc1ccccc1OC)NCCS(=O)(=O)c1ccccc1F.I. The number of nitrogens with one attached hydrogen (secondary N) is 2. The Kier molecular flexibility index (Phi) is 10.2. The summed E-state index contributed by atoms with van der Waals surface area (Å²) in [4.78, 5) is 3.78. The number of ether oxygens (including phenoxy) is 1. The third-order valence-electron chi connectivity index (χ3n) is 3.94. The molecule has 0 unspecified atom stereocenters. The summed E-state index contributed by atoms with van der Waals surface area (Å²) in [6.45, 7) is 0.713. The minimum Gasteiger partial charge on any atom is -0.496 e. The van der Waals surface area contributed by atoms with Crippen LogP contribution in [0.1, 0.15) is 5.56 Å². The van der Waals surface area contributed by atoms with Crippen molar-refractivity contribution < 1.29 is 17.5 Å². The average Bonchev–Trinajstić information content (AvgIpc) is 2.67. The maximum absolute atomic E-state index is 13.7. The van der Waals surface area contributed by atoms with Crippen molar-refractivity contribution in [2.24, 2.45) is 4.99 Å². The lowest BCUT2D eigenvalue weighted by Gasteiger charge is -2.13. The molecule has 0 radical (unpaired) electrons. The number of methoxy groups -OCH3 is 1. The highest BCUT2D eigenvalue weighted by Crippen LogP contribution is 2.17. The first-order chi connectivity index (χ1) is 13.0. The number of hydrogen-bond acceptors (Lipinski definition) is 4. The van der Waals surface area contributed by atoms with Crippen molar-refractivity contribution in [2.75, 3.05) is 33.0 Å². The monoisotopic (exact) mass is 521 g/mol. The Hall–Kier alpha value is -1.88. The second-order valence-corrected chi connectivity index (χ2v) is 7.81. The zero-order valence-electron chi connectivity index (χ0n) is 15.8. The largest absolute Gasteiger partial charge is 0.496 e. The second kappa shape index (κ2) is 11.8. The van der Waals surface area contributed by atoms with Gasteiger partial charge in [0.2, 0.25) is 0 Å². The summed E-state index contributed by atoms with van der Waals surface area (Å²) in [5, 5.41) is 6.06. The van der Waals surface area contributed by atoms with E-state index in [1.54, 1.807) is 14.2 Å². The summed E-state index contributed by atoms with van der Waals surface area (Å²) in [7, 11) is -0.475. The number of sulfone groups is 1. The summed E-state index contributed by atoms with van der Waals surface area (Å²) in [5.41, 5.74) is 1.06. The fourth-order valence-electron chi connectivity index (χ4n) is 2.56. The van der Waals surface area contributed by atoms with Crippen LogP contribution in [0.3, 0.4) is 0 Å². The molecule has 28 heavy (non-hydrogen) atoms. The van der Waals surface area contributed by atoms with E-state index >= 15 is 0 Å². The molecular formula is C19H25FIN3O3S. The molecule has 6 nitrogen and oxygen atoms in total. The van der Waals surface area contributed by atoms with Gasteiger partial charge in [0.1, 0.15) is 16.5 Å². The molecule has 9 heteroatoms. The van der Waals surface area contributed by atoms with Gasteiger partial charge in [-0.25, -0.2) is 12.8 Å². The van der Waals surface area contributed by atoms with E-state index < -0.39 is 15.7 Å². The first-order valence-corrected chi connectivity index (χ1v) is 10.2. The van der Waals surface area contributed by atoms with Crippen molar-refractivity contribution in [3.63, 3.8) is 0 Å². The van der Waals surface area contributed by atoms with Gasteiger partial charge in [-0.2, -0.15) is 0 Å². The van der Waals surface area contributed by atoms with Crippen LogP contribution in [0.5, 0.6) is 5.75 Å². The summed E-state index contributed by atoms with van der Waals surface area (Å²) >= 11 is 0. The van der Waals surface area contributed by atoms with E-state index in [2.05, 4.69) is 15.6 Å². The highest BCUT2D eigenvalue weighted by atomic mass is 127. The van der Waals surface area contributed by atoms with Crippen molar-refractivity contribution in [1.82, 2.24) is 10.6 Å². The van der Waals surface area contributed by atoms with Gasteiger partial charge in [0.25, 0.3) is 0 Å². The van der Waals surface area contributed by atoms with Gasteiger partial charge in [-0.1, -0.05) is 30.3 Å². The molecule has 154 valence electrons. The van der Waals surface area contributed by atoms with Crippen LogP contribution in [0.15, 0.2) is 58.4 Å². The van der Waals surface area contributed by atoms with Crippen molar-refractivity contribution in [2.45, 2.75) is 11.3 Å². The molecule has 0 aliphatic carbocycles. The smallest absolute Gasteiger partial charge is 0.191 e. The Morgan fingerprint density at radius 2 is 1.71 bits per heavy atom. The molecule has 0 amide bonds. The fourth-order valence-corrected chi connectivity index (χ4v) is 3.80. The molecule has 0 saturated heterocycles. The molecule has 0 bridgehead atoms. The van der Waals surface area contributed by atoms with Crippen LogP contribution in [-0.4, -0.2) is 47.4 Å². The number of halogens is 2. The first-order valence-electron chi connectivity index (χ1n) is 8.51. The highest BCUT2D eigenvalue weighted by molar-refractivity contribution is 14.0. The van der Waals surface area contributed by atoms with E-state index in [1.807, 2.05) is 24.3 Å². The van der Waals surface area contributed by atoms with Gasteiger partial charge in [0, 0.05) is 20.1 Å². The van der Waals surface area contributed by atoms with Crippen LogP contribution >= 0.6 is 24.0 Å². The molecule has 2 rings (SSSR count). The first kappa shape index (κ1) is 24.2. The lowest BCUT2D eigenvalue weighted by molar-refractivity contribution is 0.409. The summed E-state index contributed by atoms with van der Waals surface area (Å²) in [6, 6.07) is 13.1. The quantitative estimate of drug-likeness (QED) is 0.317. The molecule has 0 aliphatic heterocycles. The molecule has 0 spiro atoms. The number of nitrogens with zero attached hydrogens (tertiary/aromatic N) is 1. The van der Waals surface area contributed by atoms with E-state index in [1.165, 1.54) is 18.2 Å². The standard InChI is InChI=1S/C19H24FN3O3S.HI/c1-21-19(22-12-11-15-7-3-5-9-17(15)26-2)23-13-14-27(24,25)18-10-6-4-8-16(18)20;/h3-10H,11-14H2,1-2H3,(H2,21,22,23);1H. The third-order valence-corrected chi connectivity index (χ3v) is 5.68. The van der Waals surface area contributed by atoms with Gasteiger partial charge in [-0.05, 0) is 30.2 Å². The number of para-hydroxylation sites is 1. The molecule has 0 aliphatic rings. The van der Waals surface area contributed by atoms with Gasteiger partial charge in [0.15, 0.2) is 15.8 Å². The van der Waals surface area contributed by atoms with Gasteiger partial charge in [-0.3, -0.25) is 4.99 Å². The third kappa shape index (κ3) is 6.93. The van der Waals surface area contributed by atoms with Gasteiger partial charge >= 0.3 is 0 Å². The van der Waals surface area contributed by atoms with E-state index in [0.717, 1.165) is 23.8 Å². The van der Waals surface area contributed by atoms with Gasteiger partial charge in [0.05, 0.1) is 12.9 Å². The van der Waals surface area contributed by atoms with E-state index in [4.69, 9.17) is 4.74 Å². The molecule has 0 saturated carbocycles. The minimum absolute atomic E-state index is 0. The number of hydrogen-bond donors (Lipinski definition) is 2. The van der Waals surface area contributed by atoms with Crippen LogP contribution in [0.25, 0.3) is 0 Å². The fraction of sp³-hybridized carbons (Fsp3) is 0.316. The molecule has 0 fully saturated rings. The molecule has 0 aromatic heterocycles. The van der Waals surface area contributed by atoms with Gasteiger partial charge in [-0.15, -0.1) is 24.0 Å². The molecular weight excluding hydrogens is 496 g/mol. The number of benzene rings is 2. The number of rotatable bonds is 8. The Balaban J connectivity index is 0.00000392. The molecule has 2 aromatic rings. The Morgan fingerprint density at radius 1 is 1.07 bits per heavy atom. The Morgan fingerprint density at radius 3 is 2.39 bits per heavy atom. The van der Waals surface area contributed by atoms with Crippen molar-refractivity contribution in [3.8, 4) is 5.75 Å². The lowest BCUT2D eigenvalue weighted by atomic mass is 10.1.